The van der Waals surface area contributed by atoms with Crippen LogP contribution < -0.4 is 16.0 Å². The summed E-state index contributed by atoms with van der Waals surface area (Å²) < 4.78 is 5.44. The SMILES string of the molecule is CC(=O)N[C@@H](Cc1c[nH]c2ccccc12)C(=O)N[C@@H](CCC(=O)C=N)C(=O)N[C@@H](Cc1c[nH]c2ccccc12)C(=O)OC(C)C. The van der Waals surface area contributed by atoms with Crippen molar-refractivity contribution in [1.29, 1.82) is 5.41 Å². The average molecular weight is 615 g/mol. The molecule has 2 aromatic heterocycles. The lowest BCUT2D eigenvalue weighted by Gasteiger charge is -2.25. The Hall–Kier alpha value is -5.26. The number of ether oxygens (including phenoxy) is 1. The van der Waals surface area contributed by atoms with Gasteiger partial charge in [-0.25, -0.2) is 4.79 Å². The number of ketones is 1. The molecule has 4 aromatic rings. The Kier molecular flexibility index (Phi) is 10.9. The van der Waals surface area contributed by atoms with Crippen LogP contribution >= 0.6 is 0 Å². The van der Waals surface area contributed by atoms with Crippen molar-refractivity contribution in [3.8, 4) is 0 Å². The third-order valence-electron chi connectivity index (χ3n) is 7.32. The molecule has 0 bridgehead atoms. The van der Waals surface area contributed by atoms with Crippen LogP contribution in [-0.2, 0) is 41.6 Å². The average Bonchev–Trinajstić information content (AvgIpc) is 3.61. The number of benzene rings is 2. The van der Waals surface area contributed by atoms with E-state index < -0.39 is 53.7 Å². The number of esters is 1. The van der Waals surface area contributed by atoms with E-state index in [1.165, 1.54) is 6.92 Å². The molecule has 2 aromatic carbocycles. The molecular formula is C33H38N6O6. The summed E-state index contributed by atoms with van der Waals surface area (Å²) in [5.41, 5.74) is 3.30. The Bertz CT molecular complexity index is 1710. The van der Waals surface area contributed by atoms with Crippen LogP contribution in [0, 0.1) is 5.41 Å². The fourth-order valence-corrected chi connectivity index (χ4v) is 5.18. The molecule has 4 rings (SSSR count). The zero-order chi connectivity index (χ0) is 32.5. The zero-order valence-corrected chi connectivity index (χ0v) is 25.4. The molecule has 0 spiro atoms. The van der Waals surface area contributed by atoms with Crippen LogP contribution in [0.5, 0.6) is 0 Å². The highest BCUT2D eigenvalue weighted by atomic mass is 16.5. The van der Waals surface area contributed by atoms with E-state index in [1.54, 1.807) is 26.2 Å². The minimum absolute atomic E-state index is 0.108. The van der Waals surface area contributed by atoms with Crippen molar-refractivity contribution < 1.29 is 28.7 Å². The summed E-state index contributed by atoms with van der Waals surface area (Å²) in [6.45, 7) is 4.69. The van der Waals surface area contributed by atoms with Crippen LogP contribution in [0.3, 0.4) is 0 Å². The summed E-state index contributed by atoms with van der Waals surface area (Å²) >= 11 is 0. The molecule has 45 heavy (non-hydrogen) atoms. The molecule has 0 saturated carbocycles. The fourth-order valence-electron chi connectivity index (χ4n) is 5.18. The topological polar surface area (TPSA) is 186 Å². The fraction of sp³-hybridized carbons (Fsp3) is 0.333. The van der Waals surface area contributed by atoms with Crippen LogP contribution in [0.25, 0.3) is 21.8 Å². The molecule has 12 heteroatoms. The number of Topliss-reactive ketones (excluding diaryl/α,β-unsaturated/α-hetero) is 1. The van der Waals surface area contributed by atoms with Crippen molar-refractivity contribution in [2.24, 2.45) is 0 Å². The number of carbonyl (C=O) groups is 5. The molecule has 6 N–H and O–H groups in total. The lowest BCUT2D eigenvalue weighted by molar-refractivity contribution is -0.151. The monoisotopic (exact) mass is 614 g/mol. The van der Waals surface area contributed by atoms with Crippen molar-refractivity contribution in [3.63, 3.8) is 0 Å². The van der Waals surface area contributed by atoms with Gasteiger partial charge < -0.3 is 36.1 Å². The molecule has 0 aliphatic heterocycles. The second-order valence-electron chi connectivity index (χ2n) is 11.1. The highest BCUT2D eigenvalue weighted by Gasteiger charge is 2.31. The van der Waals surface area contributed by atoms with E-state index in [2.05, 4.69) is 25.9 Å². The molecule has 0 fully saturated rings. The summed E-state index contributed by atoms with van der Waals surface area (Å²) in [6, 6.07) is 11.7. The molecule has 0 aliphatic carbocycles. The van der Waals surface area contributed by atoms with Crippen LogP contribution in [-0.4, -0.2) is 69.9 Å². The third-order valence-corrected chi connectivity index (χ3v) is 7.32. The highest BCUT2D eigenvalue weighted by molar-refractivity contribution is 6.26. The van der Waals surface area contributed by atoms with Gasteiger partial charge in [0.25, 0.3) is 0 Å². The molecule has 0 saturated heterocycles. The quantitative estimate of drug-likeness (QED) is 0.0883. The summed E-state index contributed by atoms with van der Waals surface area (Å²) in [5.74, 6) is -2.98. The van der Waals surface area contributed by atoms with Gasteiger partial charge in [0.05, 0.1) is 12.3 Å². The molecule has 0 aliphatic rings. The van der Waals surface area contributed by atoms with E-state index in [0.29, 0.717) is 6.21 Å². The number of rotatable bonds is 15. The van der Waals surface area contributed by atoms with Gasteiger partial charge in [-0.1, -0.05) is 36.4 Å². The second-order valence-corrected chi connectivity index (χ2v) is 11.1. The first kappa shape index (κ1) is 32.6. The number of hydrogen-bond donors (Lipinski definition) is 6. The first-order valence-electron chi connectivity index (χ1n) is 14.8. The number of amides is 3. The van der Waals surface area contributed by atoms with Crippen molar-refractivity contribution in [1.82, 2.24) is 25.9 Å². The maximum atomic E-state index is 13.7. The minimum Gasteiger partial charge on any atom is -0.461 e. The molecular weight excluding hydrogens is 576 g/mol. The first-order chi connectivity index (χ1) is 21.5. The van der Waals surface area contributed by atoms with Crippen molar-refractivity contribution in [2.45, 2.75) is 70.7 Å². The Balaban J connectivity index is 1.57. The molecule has 12 nitrogen and oxygen atoms in total. The molecule has 3 atom stereocenters. The van der Waals surface area contributed by atoms with Gasteiger partial charge in [0, 0.05) is 60.4 Å². The van der Waals surface area contributed by atoms with Gasteiger partial charge in [-0.15, -0.1) is 0 Å². The van der Waals surface area contributed by atoms with Crippen molar-refractivity contribution in [2.75, 3.05) is 0 Å². The number of carbonyl (C=O) groups excluding carboxylic acids is 5. The number of aromatic amines is 2. The van der Waals surface area contributed by atoms with E-state index >= 15 is 0 Å². The maximum Gasteiger partial charge on any atom is 0.329 e. The summed E-state index contributed by atoms with van der Waals surface area (Å²) in [5, 5.41) is 17.1. The number of para-hydroxylation sites is 2. The number of fused-ring (bicyclic) bond motifs is 2. The van der Waals surface area contributed by atoms with E-state index in [-0.39, 0.29) is 25.7 Å². The van der Waals surface area contributed by atoms with Gasteiger partial charge in [0.2, 0.25) is 17.7 Å². The predicted octanol–water partition coefficient (Wildman–Crippen LogP) is 2.86. The third kappa shape index (κ3) is 8.65. The smallest absolute Gasteiger partial charge is 0.329 e. The standard InChI is InChI=1S/C33H38N6O6/c1-19(2)45-33(44)30(15-22-18-36-27-11-7-5-9-25(22)27)39-31(42)28(13-12-23(41)16-34)38-32(43)29(37-20(3)40)14-21-17-35-26-10-6-4-8-24(21)26/h4-11,16-19,28-30,34-36H,12-15H2,1-3H3,(H,37,40)(H,38,43)(H,39,42)/t28-,29-,30-/m0/s1. The number of hydrogen-bond acceptors (Lipinski definition) is 7. The number of H-pyrrole nitrogens is 2. The minimum atomic E-state index is -1.25. The van der Waals surface area contributed by atoms with Gasteiger partial charge in [-0.05, 0) is 43.5 Å². The van der Waals surface area contributed by atoms with Gasteiger partial charge in [0.15, 0.2) is 5.78 Å². The Morgan fingerprint density at radius 3 is 1.82 bits per heavy atom. The molecule has 3 amide bonds. The molecule has 2 heterocycles. The largest absolute Gasteiger partial charge is 0.461 e. The zero-order valence-electron chi connectivity index (χ0n) is 25.4. The summed E-state index contributed by atoms with van der Waals surface area (Å²) in [6.07, 6.45) is 3.64. The summed E-state index contributed by atoms with van der Waals surface area (Å²) in [4.78, 5) is 70.8. The number of aromatic nitrogens is 2. The van der Waals surface area contributed by atoms with E-state index in [4.69, 9.17) is 10.1 Å². The normalized spacial score (nSPS) is 13.2. The van der Waals surface area contributed by atoms with Gasteiger partial charge >= 0.3 is 5.97 Å². The van der Waals surface area contributed by atoms with Crippen LogP contribution in [0.4, 0.5) is 0 Å². The maximum absolute atomic E-state index is 13.7. The summed E-state index contributed by atoms with van der Waals surface area (Å²) in [7, 11) is 0. The van der Waals surface area contributed by atoms with E-state index in [0.717, 1.165) is 32.9 Å². The highest BCUT2D eigenvalue weighted by Crippen LogP contribution is 2.21. The molecule has 0 radical (unpaired) electrons. The Labute approximate surface area is 260 Å². The predicted molar refractivity (Wildman–Crippen MR) is 170 cm³/mol. The first-order valence-corrected chi connectivity index (χ1v) is 14.8. The van der Waals surface area contributed by atoms with Crippen LogP contribution in [0.15, 0.2) is 60.9 Å². The van der Waals surface area contributed by atoms with Crippen LogP contribution in [0.2, 0.25) is 0 Å². The molecule has 236 valence electrons. The molecule has 0 unspecified atom stereocenters. The lowest BCUT2D eigenvalue weighted by atomic mass is 10.0. The second kappa shape index (κ2) is 15.0. The van der Waals surface area contributed by atoms with E-state index in [9.17, 15) is 24.0 Å². The van der Waals surface area contributed by atoms with E-state index in [1.807, 2.05) is 48.5 Å². The number of nitrogens with one attached hydrogen (secondary N) is 6. The van der Waals surface area contributed by atoms with Gasteiger partial charge in [-0.3, -0.25) is 19.2 Å². The Morgan fingerprint density at radius 2 is 1.29 bits per heavy atom. The van der Waals surface area contributed by atoms with Crippen molar-refractivity contribution >= 4 is 57.5 Å². The van der Waals surface area contributed by atoms with Crippen molar-refractivity contribution in [3.05, 3.63) is 72.1 Å². The van der Waals surface area contributed by atoms with Crippen LogP contribution in [0.1, 0.15) is 44.7 Å². The Morgan fingerprint density at radius 1 is 0.778 bits per heavy atom. The lowest BCUT2D eigenvalue weighted by Crippen LogP contribution is -2.56. The van der Waals surface area contributed by atoms with Gasteiger partial charge in [-0.2, -0.15) is 0 Å². The van der Waals surface area contributed by atoms with Gasteiger partial charge in [0.1, 0.15) is 18.1 Å².